The SMILES string of the molecule is CC(=O)O.CC(=O)O.CC(C)=O.CC(C)=O.Nc1nc2c(ncn2[C@@H]2O[C@H](CO[P+](=O)S)C(F)[C@@H]2O)c(=O)[nH]1.Nc1nc2c(ncn2[C@@H]2O[C@H](CO[P+](=S)OP(=O)(O)O)C(F)[C@@H]2O)c(=O)[nH]1.Nc1nc2c(ncn2[C@@H]2O[C@H](CO[P+](=S)OP(=O)(O)OP(=O)(O)O)C(F)[C@@H]2O)c(=O)[nH]1.O.O.O. The van der Waals surface area contributed by atoms with Crippen molar-refractivity contribution in [2.45, 2.75) is 115 Å². The second-order valence-electron chi connectivity index (χ2n) is 18.9. The van der Waals surface area contributed by atoms with E-state index in [1.54, 1.807) is 0 Å². The van der Waals surface area contributed by atoms with Crippen molar-refractivity contribution in [3.05, 3.63) is 50.0 Å². The van der Waals surface area contributed by atoms with Crippen LogP contribution in [0.1, 0.15) is 60.2 Å². The molecule has 0 radical (unpaired) electrons. The highest BCUT2D eigenvalue weighted by atomic mass is 32.7. The molecule has 0 aromatic carbocycles. The lowest BCUT2D eigenvalue weighted by Gasteiger charge is -2.16. The number of H-pyrrole nitrogens is 3. The maximum atomic E-state index is 14.5. The zero-order chi connectivity index (χ0) is 74.1. The summed E-state index contributed by atoms with van der Waals surface area (Å²) in [6.07, 6.45) is -15.1. The molecular weight excluding hydrogens is 1560 g/mol. The highest BCUT2D eigenvalue weighted by Crippen LogP contribution is 2.62. The molecule has 6 aromatic heterocycles. The molecule has 9 rings (SSSR count). The van der Waals surface area contributed by atoms with Crippen molar-refractivity contribution < 1.29 is 158 Å². The average molecular weight is 1620 g/mol. The summed E-state index contributed by atoms with van der Waals surface area (Å²) in [6.45, 7) is 6.71. The Morgan fingerprint density at radius 3 is 1.05 bits per heavy atom. The van der Waals surface area contributed by atoms with Crippen LogP contribution < -0.4 is 33.9 Å². The third-order valence-corrected chi connectivity index (χ3v) is 18.3. The number of hydrogen-bond acceptors (Lipinski definition) is 34. The van der Waals surface area contributed by atoms with Gasteiger partial charge in [-0.05, 0) is 40.9 Å². The van der Waals surface area contributed by atoms with Crippen molar-refractivity contribution in [3.63, 3.8) is 0 Å². The van der Waals surface area contributed by atoms with Gasteiger partial charge in [0.25, 0.3) is 28.6 Å². The van der Waals surface area contributed by atoms with Crippen LogP contribution in [0.3, 0.4) is 0 Å². The number of nitrogen functional groups attached to an aromatic ring is 3. The van der Waals surface area contributed by atoms with Crippen molar-refractivity contribution in [2.75, 3.05) is 37.0 Å². The van der Waals surface area contributed by atoms with E-state index < -0.39 is 161 Å². The molecule has 3 aliphatic rings. The van der Waals surface area contributed by atoms with Gasteiger partial charge < -0.3 is 103 Å². The molecule has 25 N–H and O–H groups in total. The second kappa shape index (κ2) is 41.3. The fourth-order valence-electron chi connectivity index (χ4n) is 7.38. The number of nitrogens with zero attached hydrogens (tertiary/aromatic N) is 9. The van der Waals surface area contributed by atoms with Crippen LogP contribution in [0.15, 0.2) is 33.4 Å². The first-order valence-corrected chi connectivity index (χ1v) is 36.9. The molecule has 9 heterocycles. The quantitative estimate of drug-likeness (QED) is 0.0308. The number of imidazole rings is 3. The van der Waals surface area contributed by atoms with Gasteiger partial charge >= 0.3 is 45.0 Å². The number of aliphatic hydroxyl groups excluding tert-OH is 3. The summed E-state index contributed by atoms with van der Waals surface area (Å²) in [5, 5.41) is 45.2. The fourth-order valence-corrected chi connectivity index (χ4v) is 13.5. The molecule has 0 amide bonds. The molecule has 60 heteroatoms. The molecule has 48 nitrogen and oxygen atoms in total. The summed E-state index contributed by atoms with van der Waals surface area (Å²) in [5.41, 5.74) is 14.3. The lowest BCUT2D eigenvalue weighted by molar-refractivity contribution is -0.135. The molecule has 0 spiro atoms. The van der Waals surface area contributed by atoms with E-state index >= 15 is 0 Å². The molecule has 100 heavy (non-hydrogen) atoms. The number of aliphatic carboxylic acids is 2. The van der Waals surface area contributed by atoms with Gasteiger partial charge in [-0.15, -0.1) is 13.6 Å². The molecule has 0 bridgehead atoms. The van der Waals surface area contributed by atoms with Crippen molar-refractivity contribution in [3.8, 4) is 0 Å². The van der Waals surface area contributed by atoms with E-state index in [9.17, 15) is 75.6 Å². The van der Waals surface area contributed by atoms with Gasteiger partial charge in [0.05, 0.1) is 19.0 Å². The van der Waals surface area contributed by atoms with Gasteiger partial charge in [0.15, 0.2) is 70.7 Å². The number of carboxylic acid groups (broad SMARTS) is 2. The number of nitrogens with two attached hydrogens (primary N) is 3. The topological polar surface area (TPSA) is 785 Å². The predicted octanol–water partition coefficient (Wildman–Crippen LogP) is -2.69. The number of aromatic nitrogens is 12. The number of fused-ring (bicyclic) bond motifs is 3. The van der Waals surface area contributed by atoms with E-state index in [0.29, 0.717) is 0 Å². The third kappa shape index (κ3) is 29.7. The second-order valence-corrected chi connectivity index (χ2v) is 28.7. The number of thiol groups is 1. The van der Waals surface area contributed by atoms with Gasteiger partial charge in [0, 0.05) is 13.8 Å². The number of hydrogen-bond donors (Lipinski definition) is 17. The van der Waals surface area contributed by atoms with Crippen molar-refractivity contribution >= 4 is 156 Å². The zero-order valence-corrected chi connectivity index (χ0v) is 59.2. The molecule has 0 saturated carbocycles. The first kappa shape index (κ1) is 93.9. The lowest BCUT2D eigenvalue weighted by atomic mass is 10.1. The predicted molar refractivity (Wildman–Crippen MR) is 342 cm³/mol. The molecule has 0 aliphatic carbocycles. The number of carbonyl (C=O) groups excluding carboxylic acids is 2. The number of ether oxygens (including phenoxy) is 3. The van der Waals surface area contributed by atoms with Crippen LogP contribution in [-0.2, 0) is 102 Å². The molecule has 6 aromatic rings. The van der Waals surface area contributed by atoms with Gasteiger partial charge in [0.2, 0.25) is 41.5 Å². The van der Waals surface area contributed by atoms with Gasteiger partial charge in [-0.2, -0.15) is 19.3 Å². The fraction of sp³-hybridized carbons (Fsp3) is 0.525. The van der Waals surface area contributed by atoms with Gasteiger partial charge in [0.1, 0.15) is 80.3 Å². The summed E-state index contributed by atoms with van der Waals surface area (Å²) < 4.78 is 133. The molecule has 564 valence electrons. The number of Topliss-reactive ketones (excluding diaryl/α,β-unsaturated/α-hetero) is 2. The Morgan fingerprint density at radius 2 is 0.810 bits per heavy atom. The highest BCUT2D eigenvalue weighted by Gasteiger charge is 2.50. The first-order chi connectivity index (χ1) is 44.6. The van der Waals surface area contributed by atoms with E-state index in [4.69, 9.17) is 84.4 Å². The number of carbonyl (C=O) groups is 4. The number of nitrogens with one attached hydrogen (secondary N) is 3. The minimum absolute atomic E-state index is 0. The van der Waals surface area contributed by atoms with Gasteiger partial charge in [-0.3, -0.25) is 57.5 Å². The first-order valence-electron chi connectivity index (χ1n) is 25.6. The van der Waals surface area contributed by atoms with Crippen molar-refractivity contribution in [1.82, 2.24) is 58.6 Å². The van der Waals surface area contributed by atoms with E-state index in [-0.39, 0.29) is 85.9 Å². The summed E-state index contributed by atoms with van der Waals surface area (Å²) in [7, 11) is -22.8. The van der Waals surface area contributed by atoms with Crippen molar-refractivity contribution in [1.29, 1.82) is 0 Å². The van der Waals surface area contributed by atoms with Crippen LogP contribution in [0.5, 0.6) is 0 Å². The largest absolute Gasteiger partial charge is 0.582 e. The van der Waals surface area contributed by atoms with E-state index in [1.165, 1.54) is 38.6 Å². The zero-order valence-electron chi connectivity index (χ0n) is 51.3. The third-order valence-electron chi connectivity index (χ3n) is 10.6. The average Bonchev–Trinajstić information content (AvgIpc) is 1.63. The standard InChI is InChI=1S/C10H13FN5O11P3S.C10H12FN5O8P2S.C10H11FN5O5PS.2C3H6O.2C2H4O2.3H2O/c11-4-3(1-24-28(31)26-30(22,23)27-29(19,20)21)25-9(6(4)17)16-2-13-5-7(16)14-10(12)15-8(5)18;11-4-3(1-22-25(27)24-26(19,20)21)23-9(6(4)17)16-2-13-5-7(16)14-10(12)15-8(5)18;11-4-3(1-20-22(19)23)21-9(6(4)17)16-2-13-5-7(16)14-10(12)15-8(5)18;2*1-3(2)4;2*1-2(3)4;;;/h2-4,6,9,17H,1H2,(H5-,12,14,15,18,19,20,21,22,23);2-4,6,9,17H,1H2,(H4-,12,14,15,18,19,20,21);2-4,6,9,17H,1H2,(H3-,12,14,15,18,19,23);2*1-2H3;2*1H3,(H,3,4);3*1H2/p+3/t3*3-,4?,6+,9-;;;;;;;/m111......./s1. The van der Waals surface area contributed by atoms with Crippen LogP contribution in [0.4, 0.5) is 31.0 Å². The summed E-state index contributed by atoms with van der Waals surface area (Å²) in [4.78, 5) is 146. The minimum Gasteiger partial charge on any atom is -0.481 e. The number of rotatable bonds is 18. The molecule has 3 aliphatic heterocycles. The smallest absolute Gasteiger partial charge is 0.481 e. The number of aliphatic hydroxyl groups is 3. The molecule has 16 atom stereocenters. The monoisotopic (exact) mass is 1620 g/mol. The lowest BCUT2D eigenvalue weighted by Crippen LogP contribution is -2.29. The van der Waals surface area contributed by atoms with Crippen LogP contribution in [0.2, 0.25) is 0 Å². The molecule has 3 fully saturated rings. The summed E-state index contributed by atoms with van der Waals surface area (Å²) in [6, 6.07) is 0. The van der Waals surface area contributed by atoms with Gasteiger partial charge in [-0.1, -0.05) is 0 Å². The molecule has 3 saturated heterocycles. The Kier molecular flexibility index (Phi) is 38.7. The van der Waals surface area contributed by atoms with Crippen LogP contribution in [-0.4, -0.2) is 223 Å². The summed E-state index contributed by atoms with van der Waals surface area (Å²) >= 11 is 12.8. The van der Waals surface area contributed by atoms with Crippen LogP contribution >= 0.6 is 57.2 Å². The molecular formula is C40H65F3N15O33P6S3+3. The minimum atomic E-state index is -5.36. The van der Waals surface area contributed by atoms with Crippen LogP contribution in [0.25, 0.3) is 33.5 Å². The van der Waals surface area contributed by atoms with Crippen molar-refractivity contribution in [2.24, 2.45) is 0 Å². The normalized spacial score (nSPS) is 23.0. The number of aromatic amines is 3. The number of halogens is 3. The Hall–Kier alpha value is -6.10. The Morgan fingerprint density at radius 1 is 0.560 bits per heavy atom. The maximum Gasteiger partial charge on any atom is 0.582 e. The number of ketones is 2. The van der Waals surface area contributed by atoms with E-state index in [1.807, 2.05) is 0 Å². The van der Waals surface area contributed by atoms with Crippen LogP contribution in [0, 0.1) is 0 Å². The number of anilines is 3. The number of carboxylic acids is 2. The number of alkyl halides is 3. The van der Waals surface area contributed by atoms with Gasteiger partial charge in [-0.25, -0.2) is 41.8 Å². The number of phosphoric acid groups is 3. The molecule has 7 unspecified atom stereocenters. The van der Waals surface area contributed by atoms with E-state index in [2.05, 4.69) is 93.7 Å². The highest BCUT2D eigenvalue weighted by molar-refractivity contribution is 8.39. The Balaban J connectivity index is 0.00000131. The maximum absolute atomic E-state index is 14.5. The summed E-state index contributed by atoms with van der Waals surface area (Å²) in [5.74, 6) is -1.94. The Labute approximate surface area is 572 Å². The van der Waals surface area contributed by atoms with E-state index in [0.717, 1.165) is 35.6 Å². The Bertz CT molecular complexity index is 4090.